The summed E-state index contributed by atoms with van der Waals surface area (Å²) in [7, 11) is 1.59. The van der Waals surface area contributed by atoms with E-state index in [1.807, 2.05) is 23.0 Å². The fourth-order valence-electron chi connectivity index (χ4n) is 4.39. The van der Waals surface area contributed by atoms with Gasteiger partial charge in [0.05, 0.1) is 13.5 Å². The molecule has 4 aromatic rings. The number of alkyl halides is 3. The first-order valence-electron chi connectivity index (χ1n) is 12.5. The zero-order valence-electron chi connectivity index (χ0n) is 21.5. The molecule has 5 rings (SSSR count). The molecule has 0 unspecified atom stereocenters. The van der Waals surface area contributed by atoms with Crippen LogP contribution in [0.2, 0.25) is 0 Å². The van der Waals surface area contributed by atoms with E-state index in [0.717, 1.165) is 41.3 Å². The van der Waals surface area contributed by atoms with Gasteiger partial charge in [-0.25, -0.2) is 9.97 Å². The molecule has 1 amide bonds. The quantitative estimate of drug-likeness (QED) is 0.298. The summed E-state index contributed by atoms with van der Waals surface area (Å²) >= 11 is 0. The van der Waals surface area contributed by atoms with Crippen molar-refractivity contribution in [3.63, 3.8) is 0 Å². The monoisotopic (exact) mass is 540 g/mol. The molecular weight excluding hydrogens is 513 g/mol. The Labute approximate surface area is 222 Å². The number of halogens is 3. The Morgan fingerprint density at radius 1 is 1.15 bits per heavy atom. The highest BCUT2D eigenvalue weighted by Gasteiger charge is 2.66. The second kappa shape index (κ2) is 10.5. The largest absolute Gasteiger partial charge is 0.480 e. The topological polar surface area (TPSA) is 108 Å². The third-order valence-corrected chi connectivity index (χ3v) is 6.69. The predicted octanol–water partition coefficient (Wildman–Crippen LogP) is 5.11. The van der Waals surface area contributed by atoms with Crippen molar-refractivity contribution >= 4 is 11.7 Å². The molecule has 0 radical (unpaired) electrons. The van der Waals surface area contributed by atoms with Gasteiger partial charge in [-0.05, 0) is 30.4 Å². The number of hydrogen-bond acceptors (Lipinski definition) is 7. The highest BCUT2D eigenvalue weighted by atomic mass is 19.4. The molecule has 3 heterocycles. The van der Waals surface area contributed by atoms with Crippen LogP contribution >= 0.6 is 0 Å². The molecule has 1 saturated carbocycles. The Bertz CT molecular complexity index is 1440. The van der Waals surface area contributed by atoms with Gasteiger partial charge >= 0.3 is 6.18 Å². The number of rotatable bonds is 10. The number of carbonyl (C=O) groups is 1. The number of ether oxygens (including phenoxy) is 1. The Balaban J connectivity index is 1.18. The number of benzene rings is 1. The van der Waals surface area contributed by atoms with E-state index in [2.05, 4.69) is 32.5 Å². The second-order valence-corrected chi connectivity index (χ2v) is 9.57. The number of nitrogens with zero attached hydrogens (tertiary/aromatic N) is 5. The number of aryl methyl sites for hydroxylation is 1. The maximum Gasteiger partial charge on any atom is 0.401 e. The average Bonchev–Trinajstić information content (AvgIpc) is 3.47. The molecule has 0 bridgehead atoms. The van der Waals surface area contributed by atoms with Crippen LogP contribution in [0, 0.1) is 0 Å². The third-order valence-electron chi connectivity index (χ3n) is 6.69. The van der Waals surface area contributed by atoms with Crippen molar-refractivity contribution in [2.24, 2.45) is 0 Å². The van der Waals surface area contributed by atoms with Crippen molar-refractivity contribution in [3.05, 3.63) is 71.6 Å². The van der Waals surface area contributed by atoms with Gasteiger partial charge in [0.1, 0.15) is 11.2 Å². The van der Waals surface area contributed by atoms with Gasteiger partial charge in [-0.3, -0.25) is 9.48 Å². The molecule has 1 fully saturated rings. The van der Waals surface area contributed by atoms with E-state index < -0.39 is 17.5 Å². The lowest BCUT2D eigenvalue weighted by molar-refractivity contribution is -0.165. The van der Waals surface area contributed by atoms with Gasteiger partial charge < -0.3 is 14.6 Å². The van der Waals surface area contributed by atoms with Crippen molar-refractivity contribution in [1.82, 2.24) is 24.9 Å². The van der Waals surface area contributed by atoms with E-state index in [4.69, 9.17) is 9.26 Å². The fraction of sp³-hybridized carbons (Fsp3) is 0.370. The van der Waals surface area contributed by atoms with Crippen LogP contribution in [-0.4, -0.2) is 44.1 Å². The minimum absolute atomic E-state index is 0.0237. The first-order valence-corrected chi connectivity index (χ1v) is 12.5. The van der Waals surface area contributed by atoms with Gasteiger partial charge in [0, 0.05) is 48.7 Å². The molecule has 0 aliphatic heterocycles. The molecule has 9 nitrogen and oxygen atoms in total. The maximum atomic E-state index is 13.3. The molecule has 1 aliphatic carbocycles. The molecule has 1 N–H and O–H groups in total. The standard InChI is InChI=1S/C27H27F3N6O3/c1-3-10-36-16-19(25(34-36)38-2)12-22-31-14-20(15-32-22)18-6-4-17(5-7-18)11-24(37)33-23-13-21(39-35-23)26(8-9-26)27(28,29)30/h4-7,13-16H,3,8-12H2,1-2H3,(H,33,35,37). The van der Waals surface area contributed by atoms with Gasteiger partial charge in [-0.15, -0.1) is 5.10 Å². The number of carbonyl (C=O) groups excluding carboxylic acids is 1. The van der Waals surface area contributed by atoms with Crippen molar-refractivity contribution in [2.75, 3.05) is 12.4 Å². The van der Waals surface area contributed by atoms with E-state index in [1.54, 1.807) is 31.6 Å². The summed E-state index contributed by atoms with van der Waals surface area (Å²) in [6.45, 7) is 2.88. The Kier molecular flexibility index (Phi) is 7.11. The van der Waals surface area contributed by atoms with Gasteiger partial charge in [-0.2, -0.15) is 13.2 Å². The van der Waals surface area contributed by atoms with E-state index in [9.17, 15) is 18.0 Å². The smallest absolute Gasteiger partial charge is 0.401 e. The lowest BCUT2D eigenvalue weighted by Crippen LogP contribution is -2.28. The van der Waals surface area contributed by atoms with Crippen molar-refractivity contribution in [2.45, 2.75) is 57.2 Å². The summed E-state index contributed by atoms with van der Waals surface area (Å²) in [6, 6.07) is 8.46. The van der Waals surface area contributed by atoms with Crippen LogP contribution < -0.4 is 10.1 Å². The molecule has 204 valence electrons. The normalized spacial score (nSPS) is 14.3. The van der Waals surface area contributed by atoms with Crippen LogP contribution in [-0.2, 0) is 29.6 Å². The minimum atomic E-state index is -4.41. The van der Waals surface area contributed by atoms with E-state index in [-0.39, 0.29) is 30.8 Å². The summed E-state index contributed by atoms with van der Waals surface area (Å²) < 4.78 is 51.9. The molecule has 3 aromatic heterocycles. The van der Waals surface area contributed by atoms with Gasteiger partial charge in [-0.1, -0.05) is 36.3 Å². The first-order chi connectivity index (χ1) is 18.7. The molecule has 39 heavy (non-hydrogen) atoms. The van der Waals surface area contributed by atoms with E-state index in [0.29, 0.717) is 18.1 Å². The van der Waals surface area contributed by atoms with Gasteiger partial charge in [0.25, 0.3) is 0 Å². The second-order valence-electron chi connectivity index (χ2n) is 9.57. The first kappa shape index (κ1) is 26.4. The van der Waals surface area contributed by atoms with E-state index >= 15 is 0 Å². The molecule has 0 atom stereocenters. The zero-order chi connectivity index (χ0) is 27.6. The molecule has 0 saturated heterocycles. The average molecular weight is 541 g/mol. The lowest BCUT2D eigenvalue weighted by Gasteiger charge is -2.14. The predicted molar refractivity (Wildman–Crippen MR) is 135 cm³/mol. The van der Waals surface area contributed by atoms with Crippen molar-refractivity contribution in [3.8, 4) is 17.0 Å². The Morgan fingerprint density at radius 3 is 2.49 bits per heavy atom. The van der Waals surface area contributed by atoms with Crippen molar-refractivity contribution < 1.29 is 27.2 Å². The van der Waals surface area contributed by atoms with Crippen LogP contribution in [0.5, 0.6) is 5.88 Å². The van der Waals surface area contributed by atoms with Gasteiger partial charge in [0.15, 0.2) is 11.6 Å². The fourth-order valence-corrected chi connectivity index (χ4v) is 4.39. The van der Waals surface area contributed by atoms with Crippen LogP contribution in [0.15, 0.2) is 53.4 Å². The van der Waals surface area contributed by atoms with Crippen LogP contribution in [0.25, 0.3) is 11.1 Å². The SMILES string of the molecule is CCCn1cc(Cc2ncc(-c3ccc(CC(=O)Nc4cc(C5(C(F)(F)F)CC5)on4)cc3)cn2)c(OC)n1. The number of hydrogen-bond donors (Lipinski definition) is 1. The van der Waals surface area contributed by atoms with Crippen LogP contribution in [0.1, 0.15) is 48.9 Å². The molecule has 1 aliphatic rings. The molecule has 12 heteroatoms. The summed E-state index contributed by atoms with van der Waals surface area (Å²) in [6.07, 6.45) is 2.41. The highest BCUT2D eigenvalue weighted by molar-refractivity contribution is 5.91. The number of aromatic nitrogens is 5. The summed E-state index contributed by atoms with van der Waals surface area (Å²) in [4.78, 5) is 21.4. The Hall–Kier alpha value is -4.22. The number of amides is 1. The van der Waals surface area contributed by atoms with E-state index in [1.165, 1.54) is 0 Å². The lowest BCUT2D eigenvalue weighted by atomic mass is 10.0. The minimum Gasteiger partial charge on any atom is -0.480 e. The summed E-state index contributed by atoms with van der Waals surface area (Å²) in [5.74, 6) is 0.487. The molecule has 0 spiro atoms. The van der Waals surface area contributed by atoms with Gasteiger partial charge in [0.2, 0.25) is 11.8 Å². The number of nitrogens with one attached hydrogen (secondary N) is 1. The maximum absolute atomic E-state index is 13.3. The molecular formula is C27H27F3N6O3. The summed E-state index contributed by atoms with van der Waals surface area (Å²) in [5, 5.41) is 10.5. The van der Waals surface area contributed by atoms with Crippen LogP contribution in [0.4, 0.5) is 19.0 Å². The zero-order valence-corrected chi connectivity index (χ0v) is 21.5. The number of anilines is 1. The molecule has 1 aromatic carbocycles. The van der Waals surface area contributed by atoms with Crippen LogP contribution in [0.3, 0.4) is 0 Å². The van der Waals surface area contributed by atoms with Crippen molar-refractivity contribution in [1.29, 1.82) is 0 Å². The number of methoxy groups -OCH3 is 1. The summed E-state index contributed by atoms with van der Waals surface area (Å²) in [5.41, 5.74) is 1.35. The Morgan fingerprint density at radius 2 is 1.87 bits per heavy atom. The highest BCUT2D eigenvalue weighted by Crippen LogP contribution is 2.59. The third kappa shape index (κ3) is 5.64.